The number of hydrogen-bond donors (Lipinski definition) is 2. The van der Waals surface area contributed by atoms with Crippen LogP contribution in [0.3, 0.4) is 0 Å². The van der Waals surface area contributed by atoms with Crippen LogP contribution in [-0.2, 0) is 24.8 Å². The summed E-state index contributed by atoms with van der Waals surface area (Å²) < 4.78 is 7.90. The predicted molar refractivity (Wildman–Crippen MR) is 130 cm³/mol. The number of fused-ring (bicyclic) bond motifs is 1. The molecule has 1 aromatic heterocycles. The number of nitrogens with zero attached hydrogens (tertiary/aromatic N) is 3. The minimum atomic E-state index is -2.20. The van der Waals surface area contributed by atoms with E-state index in [1.54, 1.807) is 0 Å². The van der Waals surface area contributed by atoms with E-state index in [1.807, 2.05) is 49.2 Å². The van der Waals surface area contributed by atoms with Crippen molar-refractivity contribution in [2.45, 2.75) is 64.2 Å². The minimum absolute atomic E-state index is 0.0119. The largest absolute Gasteiger partial charge is 0.492 e. The van der Waals surface area contributed by atoms with Crippen LogP contribution in [0.15, 0.2) is 30.6 Å². The number of rotatable bonds is 11. The van der Waals surface area contributed by atoms with Gasteiger partial charge in [-0.1, -0.05) is 13.8 Å². The first kappa shape index (κ1) is 24.5. The van der Waals surface area contributed by atoms with Gasteiger partial charge in [0.15, 0.2) is 8.32 Å². The van der Waals surface area contributed by atoms with Gasteiger partial charge in [0.25, 0.3) is 0 Å². The molecule has 176 valence electrons. The lowest BCUT2D eigenvalue weighted by Gasteiger charge is -2.35. The second-order valence-electron chi connectivity index (χ2n) is 10.1. The molecule has 3 rings (SSSR count). The molecular formula is C24H38N4O3Si. The summed E-state index contributed by atoms with van der Waals surface area (Å²) in [5.41, 5.74) is 3.21. The third kappa shape index (κ3) is 6.67. The fourth-order valence-corrected chi connectivity index (χ4v) is 4.66. The molecule has 2 aromatic rings. The van der Waals surface area contributed by atoms with Crippen LogP contribution in [-0.4, -0.2) is 53.4 Å². The summed E-state index contributed by atoms with van der Waals surface area (Å²) in [5, 5.41) is 7.20. The number of aryl methyl sites for hydroxylation is 2. The molecule has 0 atom stereocenters. The summed E-state index contributed by atoms with van der Waals surface area (Å²) in [6, 6.07) is 5.89. The van der Waals surface area contributed by atoms with Crippen LogP contribution in [0, 0.1) is 0 Å². The third-order valence-electron chi connectivity index (χ3n) is 6.75. The zero-order valence-corrected chi connectivity index (χ0v) is 21.1. The van der Waals surface area contributed by atoms with Gasteiger partial charge in [0.05, 0.1) is 6.20 Å². The lowest BCUT2D eigenvalue weighted by atomic mass is 10.0. The summed E-state index contributed by atoms with van der Waals surface area (Å²) in [6.07, 6.45) is 7.29. The summed E-state index contributed by atoms with van der Waals surface area (Å²) in [4.78, 5) is 24.5. The maximum Gasteiger partial charge on any atom is 0.224 e. The first-order valence-electron chi connectivity index (χ1n) is 11.5. The van der Waals surface area contributed by atoms with Gasteiger partial charge in [0.1, 0.15) is 12.4 Å². The number of carbonyl (C=O) groups excluding carboxylic acids is 1. The molecule has 0 saturated carbocycles. The van der Waals surface area contributed by atoms with Crippen molar-refractivity contribution < 1.29 is 14.3 Å². The Bertz CT molecular complexity index is 920. The maximum atomic E-state index is 11.5. The van der Waals surface area contributed by atoms with Gasteiger partial charge < -0.3 is 14.8 Å². The van der Waals surface area contributed by atoms with Crippen LogP contribution in [0.1, 0.15) is 44.2 Å². The molecular weight excluding hydrogens is 420 g/mol. The van der Waals surface area contributed by atoms with Crippen molar-refractivity contribution in [2.75, 3.05) is 25.0 Å². The summed E-state index contributed by atoms with van der Waals surface area (Å²) in [6.45, 7) is 11.6. The quantitative estimate of drug-likeness (QED) is 0.499. The Morgan fingerprint density at radius 3 is 2.75 bits per heavy atom. The van der Waals surface area contributed by atoms with Crippen molar-refractivity contribution in [2.24, 2.45) is 7.05 Å². The lowest BCUT2D eigenvalue weighted by Crippen LogP contribution is -2.39. The van der Waals surface area contributed by atoms with Gasteiger partial charge >= 0.3 is 0 Å². The number of ether oxygens (including phenoxy) is 1. The third-order valence-corrected chi connectivity index (χ3v) is 10.3. The summed E-state index contributed by atoms with van der Waals surface area (Å²) >= 11 is 0. The minimum Gasteiger partial charge on any atom is -0.492 e. The number of hydrogen-bond acceptors (Lipinski definition) is 5. The second kappa shape index (κ2) is 10.2. The van der Waals surface area contributed by atoms with Gasteiger partial charge in [-0.3, -0.25) is 14.4 Å². The van der Waals surface area contributed by atoms with Crippen LogP contribution in [0.4, 0.5) is 5.69 Å². The van der Waals surface area contributed by atoms with E-state index in [9.17, 15) is 9.59 Å². The molecule has 1 aliphatic heterocycles. The molecule has 1 amide bonds. The molecule has 0 bridgehead atoms. The van der Waals surface area contributed by atoms with Crippen LogP contribution in [0.2, 0.25) is 18.1 Å². The average molecular weight is 459 g/mol. The van der Waals surface area contributed by atoms with Gasteiger partial charge in [-0.15, -0.1) is 0 Å². The highest BCUT2D eigenvalue weighted by Gasteiger charge is 2.37. The Balaban J connectivity index is 1.55. The fraction of sp³-hybridized carbons (Fsp3) is 0.583. The number of benzene rings is 1. The predicted octanol–water partition coefficient (Wildman–Crippen LogP) is 3.94. The van der Waals surface area contributed by atoms with Gasteiger partial charge in [0, 0.05) is 44.0 Å². The Morgan fingerprint density at radius 2 is 2.06 bits per heavy atom. The van der Waals surface area contributed by atoms with Crippen molar-refractivity contribution in [1.29, 1.82) is 0 Å². The summed E-state index contributed by atoms with van der Waals surface area (Å²) in [5.74, 6) is 0.919. The van der Waals surface area contributed by atoms with Gasteiger partial charge in [0.2, 0.25) is 5.91 Å². The summed E-state index contributed by atoms with van der Waals surface area (Å²) in [7, 11) is -0.260. The normalized spacial score (nSPS) is 14.4. The first-order valence-corrected chi connectivity index (χ1v) is 14.5. The molecule has 32 heavy (non-hydrogen) atoms. The molecule has 8 heteroatoms. The highest BCUT2D eigenvalue weighted by atomic mass is 28.4. The number of aromatic nitrogens is 2. The van der Waals surface area contributed by atoms with Crippen LogP contribution in [0.5, 0.6) is 5.75 Å². The Hall–Kier alpha value is -2.16. The van der Waals surface area contributed by atoms with E-state index < -0.39 is 8.32 Å². The molecule has 0 fully saturated rings. The average Bonchev–Trinajstić information content (AvgIpc) is 3.11. The van der Waals surface area contributed by atoms with Gasteiger partial charge in [-0.25, -0.2) is 0 Å². The van der Waals surface area contributed by atoms with Crippen LogP contribution < -0.4 is 10.1 Å². The van der Waals surface area contributed by atoms with Crippen molar-refractivity contribution in [3.8, 4) is 5.75 Å². The van der Waals surface area contributed by atoms with Gasteiger partial charge in [-0.2, -0.15) is 5.10 Å². The van der Waals surface area contributed by atoms with E-state index in [0.717, 1.165) is 55.9 Å². The Kier molecular flexibility index (Phi) is 7.79. The fourth-order valence-electron chi connectivity index (χ4n) is 3.87. The van der Waals surface area contributed by atoms with Crippen LogP contribution in [0.25, 0.3) is 0 Å². The van der Waals surface area contributed by atoms with Crippen molar-refractivity contribution in [1.82, 2.24) is 14.7 Å². The Labute approximate surface area is 192 Å². The molecule has 0 spiro atoms. The molecule has 1 aliphatic rings. The molecule has 0 saturated heterocycles. The Morgan fingerprint density at radius 1 is 1.28 bits per heavy atom. The van der Waals surface area contributed by atoms with E-state index in [2.05, 4.69) is 35.4 Å². The van der Waals surface area contributed by atoms with E-state index >= 15 is 0 Å². The molecule has 0 unspecified atom stereocenters. The van der Waals surface area contributed by atoms with E-state index in [-0.39, 0.29) is 10.9 Å². The molecule has 2 heterocycles. The second-order valence-corrected chi connectivity index (χ2v) is 14.5. The lowest BCUT2D eigenvalue weighted by molar-refractivity contribution is -0.116. The van der Waals surface area contributed by atoms with Crippen molar-refractivity contribution in [3.05, 3.63) is 41.7 Å². The monoisotopic (exact) mass is 458 g/mol. The zero-order valence-electron chi connectivity index (χ0n) is 20.1. The van der Waals surface area contributed by atoms with Gasteiger partial charge in [-0.05, 0) is 67.7 Å². The topological polar surface area (TPSA) is 79.6 Å². The highest BCUT2D eigenvalue weighted by molar-refractivity contribution is 6.72. The van der Waals surface area contributed by atoms with Crippen molar-refractivity contribution >= 4 is 19.9 Å². The molecule has 7 nitrogen and oxygen atoms in total. The smallest absolute Gasteiger partial charge is 0.224 e. The molecule has 0 aliphatic carbocycles. The highest BCUT2D eigenvalue weighted by Crippen LogP contribution is 2.39. The van der Waals surface area contributed by atoms with Crippen molar-refractivity contribution in [3.63, 3.8) is 0 Å². The molecule has 0 radical (unpaired) electrons. The van der Waals surface area contributed by atoms with E-state index in [1.165, 1.54) is 5.56 Å². The molecule has 2 N–H and O–H groups in total. The zero-order chi connectivity index (χ0) is 23.4. The first-order chi connectivity index (χ1) is 15.0. The van der Waals surface area contributed by atoms with Crippen LogP contribution >= 0.6 is 0 Å². The number of anilines is 1. The van der Waals surface area contributed by atoms with E-state index in [0.29, 0.717) is 13.0 Å². The molecule has 1 aromatic carbocycles. The number of nitrogens with one attached hydrogen (secondary N) is 1. The standard InChI is InChI=1S/C24H38N4O3Si/c1-24(2,32(4,5)30)11-6-12-28(18-19-16-25-27(3)17-19)13-14-31-21-8-9-22-20(15-21)7-10-23(29)26-22/h8-9,15-17,30H,6-7,10-14,18H2,1-5H3,(H,26,29). The SMILES string of the molecule is Cn1cc(CN(CCCC(C)(C)[Si](C)(C)O)CCOc2ccc3c(c2)CCC(=O)N3)cn1. The van der Waals surface area contributed by atoms with E-state index in [4.69, 9.17) is 4.74 Å². The number of carbonyl (C=O) groups is 1. The number of amides is 1. The maximum absolute atomic E-state index is 11.5.